The monoisotopic (exact) mass is 529 g/mol. The molecule has 1 aromatic carbocycles. The lowest BCUT2D eigenvalue weighted by Crippen LogP contribution is -2.40. The minimum absolute atomic E-state index is 0.0338. The number of thiazole rings is 1. The van der Waals surface area contributed by atoms with Gasteiger partial charge in [0.1, 0.15) is 11.5 Å². The van der Waals surface area contributed by atoms with E-state index in [0.717, 1.165) is 44.7 Å². The molecule has 0 spiro atoms. The predicted molar refractivity (Wildman–Crippen MR) is 149 cm³/mol. The number of ether oxygens (including phenoxy) is 2. The number of nitrogens with one attached hydrogen (secondary N) is 1. The van der Waals surface area contributed by atoms with E-state index >= 15 is 0 Å². The fourth-order valence-corrected chi connectivity index (χ4v) is 6.00. The maximum absolute atomic E-state index is 12.9. The van der Waals surface area contributed by atoms with Gasteiger partial charge in [-0.25, -0.2) is 4.98 Å². The van der Waals surface area contributed by atoms with Crippen LogP contribution in [-0.4, -0.2) is 58.6 Å². The Bertz CT molecular complexity index is 1410. The number of nitrogens with zero attached hydrogens (tertiary/aromatic N) is 4. The Balaban J connectivity index is 1.14. The van der Waals surface area contributed by atoms with E-state index in [2.05, 4.69) is 15.3 Å². The van der Waals surface area contributed by atoms with Gasteiger partial charge in [0.15, 0.2) is 5.13 Å². The fraction of sp³-hybridized carbons (Fsp3) is 0.379. The lowest BCUT2D eigenvalue weighted by Gasteiger charge is -2.26. The number of amides is 1. The Kier molecular flexibility index (Phi) is 7.46. The first-order chi connectivity index (χ1) is 18.7. The van der Waals surface area contributed by atoms with Crippen LogP contribution in [0.3, 0.4) is 0 Å². The van der Waals surface area contributed by atoms with Crippen LogP contribution in [0, 0.1) is 5.92 Å². The molecule has 1 saturated heterocycles. The maximum Gasteiger partial charge on any atom is 0.255 e. The van der Waals surface area contributed by atoms with E-state index in [-0.39, 0.29) is 5.91 Å². The highest BCUT2D eigenvalue weighted by molar-refractivity contribution is 7.22. The van der Waals surface area contributed by atoms with Gasteiger partial charge in [-0.15, -0.1) is 0 Å². The minimum Gasteiger partial charge on any atom is -0.456 e. The average molecular weight is 530 g/mol. The summed E-state index contributed by atoms with van der Waals surface area (Å²) in [6, 6.07) is 9.73. The summed E-state index contributed by atoms with van der Waals surface area (Å²) in [6.07, 6.45) is 13.5. The summed E-state index contributed by atoms with van der Waals surface area (Å²) >= 11 is 1.66. The molecular formula is C29H31N5O3S. The summed E-state index contributed by atoms with van der Waals surface area (Å²) < 4.78 is 12.6. The third kappa shape index (κ3) is 5.79. The summed E-state index contributed by atoms with van der Waals surface area (Å²) in [5.74, 6) is 2.07. The molecule has 0 unspecified atom stereocenters. The van der Waals surface area contributed by atoms with Crippen LogP contribution in [0.5, 0.6) is 11.5 Å². The molecule has 9 heteroatoms. The number of pyridine rings is 2. The molecule has 38 heavy (non-hydrogen) atoms. The number of fused-ring (bicyclic) bond motifs is 1. The van der Waals surface area contributed by atoms with Crippen LogP contribution < -0.4 is 10.1 Å². The van der Waals surface area contributed by atoms with Gasteiger partial charge in [0.2, 0.25) is 0 Å². The molecule has 1 amide bonds. The van der Waals surface area contributed by atoms with E-state index in [4.69, 9.17) is 14.5 Å². The van der Waals surface area contributed by atoms with Crippen molar-refractivity contribution in [1.82, 2.24) is 19.9 Å². The average Bonchev–Trinajstić information content (AvgIpc) is 3.39. The van der Waals surface area contributed by atoms with Crippen molar-refractivity contribution in [2.24, 2.45) is 5.92 Å². The summed E-state index contributed by atoms with van der Waals surface area (Å²) in [5, 5.41) is 4.51. The Morgan fingerprint density at radius 2 is 1.76 bits per heavy atom. The van der Waals surface area contributed by atoms with Gasteiger partial charge >= 0.3 is 0 Å². The molecule has 196 valence electrons. The number of morpholine rings is 1. The zero-order valence-corrected chi connectivity index (χ0v) is 22.1. The molecule has 4 aromatic rings. The maximum atomic E-state index is 12.9. The lowest BCUT2D eigenvalue weighted by atomic mass is 9.89. The third-order valence-electron chi connectivity index (χ3n) is 7.19. The number of hydrogen-bond acceptors (Lipinski definition) is 8. The Labute approximate surface area is 226 Å². The van der Waals surface area contributed by atoms with Crippen molar-refractivity contribution in [2.75, 3.05) is 38.2 Å². The summed E-state index contributed by atoms with van der Waals surface area (Å²) in [6.45, 7) is 3.31. The van der Waals surface area contributed by atoms with Gasteiger partial charge in [-0.1, -0.05) is 30.6 Å². The highest BCUT2D eigenvalue weighted by Crippen LogP contribution is 2.33. The van der Waals surface area contributed by atoms with Crippen LogP contribution in [0.2, 0.25) is 0 Å². The number of hydrogen-bond donors (Lipinski definition) is 1. The third-order valence-corrected chi connectivity index (χ3v) is 8.17. The van der Waals surface area contributed by atoms with Gasteiger partial charge in [-0.05, 0) is 43.0 Å². The van der Waals surface area contributed by atoms with Gasteiger partial charge in [-0.2, -0.15) is 0 Å². The van der Waals surface area contributed by atoms with Gasteiger partial charge in [0, 0.05) is 55.4 Å². The van der Waals surface area contributed by atoms with Crippen molar-refractivity contribution in [2.45, 2.75) is 32.1 Å². The number of benzene rings is 1. The molecule has 4 heterocycles. The molecule has 6 rings (SSSR count). The van der Waals surface area contributed by atoms with Crippen molar-refractivity contribution in [1.29, 1.82) is 0 Å². The molecule has 2 aliphatic rings. The number of anilines is 1. The zero-order chi connectivity index (χ0) is 25.7. The van der Waals surface area contributed by atoms with Crippen LogP contribution in [0.15, 0.2) is 55.1 Å². The van der Waals surface area contributed by atoms with E-state index in [9.17, 15) is 4.79 Å². The van der Waals surface area contributed by atoms with Crippen LogP contribution >= 0.6 is 11.3 Å². The smallest absolute Gasteiger partial charge is 0.255 e. The van der Waals surface area contributed by atoms with Crippen molar-refractivity contribution in [3.63, 3.8) is 0 Å². The number of rotatable bonds is 7. The first kappa shape index (κ1) is 24.8. The van der Waals surface area contributed by atoms with Gasteiger partial charge in [-0.3, -0.25) is 14.8 Å². The van der Waals surface area contributed by atoms with Crippen molar-refractivity contribution in [3.8, 4) is 22.6 Å². The summed E-state index contributed by atoms with van der Waals surface area (Å²) in [4.78, 5) is 28.1. The summed E-state index contributed by atoms with van der Waals surface area (Å²) in [5.41, 5.74) is 3.17. The molecule has 8 nitrogen and oxygen atoms in total. The topological polar surface area (TPSA) is 89.5 Å². The van der Waals surface area contributed by atoms with E-state index in [1.54, 1.807) is 41.0 Å². The molecule has 3 aromatic heterocycles. The van der Waals surface area contributed by atoms with Gasteiger partial charge in [0.25, 0.3) is 5.91 Å². The highest BCUT2D eigenvalue weighted by Gasteiger charge is 2.19. The van der Waals surface area contributed by atoms with Crippen molar-refractivity contribution < 1.29 is 14.3 Å². The first-order valence-corrected chi connectivity index (χ1v) is 14.1. The fourth-order valence-electron chi connectivity index (χ4n) is 5.10. The quantitative estimate of drug-likeness (QED) is 0.314. The van der Waals surface area contributed by atoms with Crippen molar-refractivity contribution in [3.05, 3.63) is 60.7 Å². The molecule has 1 saturated carbocycles. The van der Waals surface area contributed by atoms with E-state index in [0.29, 0.717) is 37.6 Å². The van der Waals surface area contributed by atoms with E-state index in [1.807, 2.05) is 30.3 Å². The normalized spacial score (nSPS) is 16.5. The largest absolute Gasteiger partial charge is 0.456 e. The van der Waals surface area contributed by atoms with Crippen molar-refractivity contribution >= 4 is 32.6 Å². The summed E-state index contributed by atoms with van der Waals surface area (Å²) in [7, 11) is 0. The van der Waals surface area contributed by atoms with Gasteiger partial charge in [0.05, 0.1) is 35.2 Å². The molecule has 1 N–H and O–H groups in total. The van der Waals surface area contributed by atoms with E-state index in [1.165, 1.54) is 32.1 Å². The molecular weight excluding hydrogens is 498 g/mol. The zero-order valence-electron chi connectivity index (χ0n) is 21.3. The Morgan fingerprint density at radius 3 is 2.61 bits per heavy atom. The highest BCUT2D eigenvalue weighted by atomic mass is 32.1. The van der Waals surface area contributed by atoms with Crippen LogP contribution in [0.4, 0.5) is 5.13 Å². The predicted octanol–water partition coefficient (Wildman–Crippen LogP) is 6.01. The Morgan fingerprint density at radius 1 is 0.974 bits per heavy atom. The number of carbonyl (C=O) groups excluding carboxylic acids is 1. The molecule has 0 atom stereocenters. The second-order valence-electron chi connectivity index (χ2n) is 9.91. The SMILES string of the molecule is O=C(c1cncc(-c2cncc(Oc3ccc4nc(NCC5CCCCC5)sc4c3)c2)c1)N1CCOCC1. The molecule has 2 fully saturated rings. The lowest BCUT2D eigenvalue weighted by molar-refractivity contribution is 0.0302. The van der Waals surface area contributed by atoms with Gasteiger partial charge < -0.3 is 19.7 Å². The standard InChI is InChI=1S/C29H31N5O3S/c35-28(34-8-10-36-11-9-34)23-12-21(16-30-18-23)22-13-25(19-31-17-22)37-24-6-7-26-27(14-24)38-29(33-26)32-15-20-4-2-1-3-5-20/h6-7,12-14,16-20H,1-5,8-11,15H2,(H,32,33). The minimum atomic E-state index is -0.0338. The van der Waals surface area contributed by atoms with Crippen LogP contribution in [0.1, 0.15) is 42.5 Å². The number of aromatic nitrogens is 3. The van der Waals surface area contributed by atoms with Crippen LogP contribution in [-0.2, 0) is 4.74 Å². The molecule has 1 aliphatic carbocycles. The van der Waals surface area contributed by atoms with E-state index < -0.39 is 0 Å². The molecule has 0 bridgehead atoms. The second-order valence-corrected chi connectivity index (χ2v) is 10.9. The first-order valence-electron chi connectivity index (χ1n) is 13.3. The molecule has 0 radical (unpaired) electrons. The second kappa shape index (κ2) is 11.4. The number of carbonyl (C=O) groups is 1. The molecule has 1 aliphatic heterocycles. The Hall–Kier alpha value is -3.56. The van der Waals surface area contributed by atoms with Crippen LogP contribution in [0.25, 0.3) is 21.3 Å².